The van der Waals surface area contributed by atoms with Crippen molar-refractivity contribution in [3.8, 4) is 0 Å². The normalized spacial score (nSPS) is 22.1. The van der Waals surface area contributed by atoms with Gasteiger partial charge in [0.15, 0.2) is 0 Å². The third-order valence-corrected chi connectivity index (χ3v) is 5.40. The lowest BCUT2D eigenvalue weighted by Gasteiger charge is -2.39. The molecule has 0 aromatic carbocycles. The van der Waals surface area contributed by atoms with Gasteiger partial charge in [0.2, 0.25) is 5.91 Å². The number of carbonyl (C=O) groups is 1. The van der Waals surface area contributed by atoms with Gasteiger partial charge in [-0.05, 0) is 18.8 Å². The lowest BCUT2D eigenvalue weighted by molar-refractivity contribution is -0.137. The summed E-state index contributed by atoms with van der Waals surface area (Å²) >= 11 is 0. The van der Waals surface area contributed by atoms with Gasteiger partial charge in [0, 0.05) is 58.9 Å². The maximum absolute atomic E-state index is 13.0. The van der Waals surface area contributed by atoms with Crippen LogP contribution < -0.4 is 10.5 Å². The molecule has 26 heavy (non-hydrogen) atoms. The highest BCUT2D eigenvalue weighted by Crippen LogP contribution is 2.23. The molecule has 2 aliphatic rings. The van der Waals surface area contributed by atoms with Crippen molar-refractivity contribution < 1.29 is 4.79 Å². The third-order valence-electron chi connectivity index (χ3n) is 5.40. The topological polar surface area (TPSA) is 61.7 Å². The van der Waals surface area contributed by atoms with Gasteiger partial charge >= 0.3 is 0 Å². The van der Waals surface area contributed by atoms with Gasteiger partial charge < -0.3 is 9.80 Å². The number of piperazine rings is 1. The number of rotatable bonds is 4. The van der Waals surface area contributed by atoms with Crippen molar-refractivity contribution in [3.05, 3.63) is 22.6 Å². The zero-order valence-corrected chi connectivity index (χ0v) is 16.2. The van der Waals surface area contributed by atoms with E-state index in [4.69, 9.17) is 0 Å². The molecular formula is C19H31N5O2. The Morgan fingerprint density at radius 3 is 2.62 bits per heavy atom. The van der Waals surface area contributed by atoms with E-state index >= 15 is 0 Å². The summed E-state index contributed by atoms with van der Waals surface area (Å²) in [6.45, 7) is 10.7. The van der Waals surface area contributed by atoms with E-state index in [0.717, 1.165) is 57.8 Å². The van der Waals surface area contributed by atoms with E-state index in [2.05, 4.69) is 28.7 Å². The first kappa shape index (κ1) is 18.9. The smallest absolute Gasteiger partial charge is 0.268 e. The molecule has 1 unspecified atom stereocenters. The number of piperidine rings is 1. The maximum Gasteiger partial charge on any atom is 0.268 e. The molecule has 0 radical (unpaired) electrons. The average molecular weight is 361 g/mol. The van der Waals surface area contributed by atoms with E-state index in [1.165, 1.54) is 4.68 Å². The molecule has 0 aliphatic carbocycles. The summed E-state index contributed by atoms with van der Waals surface area (Å²) in [6, 6.07) is 1.62. The molecule has 1 aromatic heterocycles. The second-order valence-corrected chi connectivity index (χ2v) is 7.98. The first-order valence-electron chi connectivity index (χ1n) is 9.73. The van der Waals surface area contributed by atoms with Crippen LogP contribution in [0.15, 0.2) is 17.1 Å². The summed E-state index contributed by atoms with van der Waals surface area (Å²) in [7, 11) is 1.65. The van der Waals surface area contributed by atoms with Crippen LogP contribution in [-0.4, -0.2) is 71.3 Å². The van der Waals surface area contributed by atoms with E-state index in [-0.39, 0.29) is 17.4 Å². The highest BCUT2D eigenvalue weighted by molar-refractivity contribution is 5.80. The molecule has 7 nitrogen and oxygen atoms in total. The van der Waals surface area contributed by atoms with Crippen molar-refractivity contribution in [2.24, 2.45) is 18.9 Å². The Morgan fingerprint density at radius 2 is 1.96 bits per heavy atom. The predicted octanol–water partition coefficient (Wildman–Crippen LogP) is 0.797. The minimum absolute atomic E-state index is 0.0180. The van der Waals surface area contributed by atoms with Crippen molar-refractivity contribution in [1.82, 2.24) is 19.6 Å². The summed E-state index contributed by atoms with van der Waals surface area (Å²) in [6.07, 6.45) is 3.62. The number of carbonyl (C=O) groups excluding carboxylic acids is 1. The minimum Gasteiger partial charge on any atom is -0.369 e. The Hall–Kier alpha value is -1.89. The summed E-state index contributed by atoms with van der Waals surface area (Å²) in [5.41, 5.74) is 0.713. The summed E-state index contributed by atoms with van der Waals surface area (Å²) in [5, 5.41) is 4.11. The minimum atomic E-state index is -0.114. The van der Waals surface area contributed by atoms with Crippen LogP contribution in [0.5, 0.6) is 0 Å². The highest BCUT2D eigenvalue weighted by Gasteiger charge is 2.31. The molecule has 2 saturated heterocycles. The molecule has 1 amide bonds. The van der Waals surface area contributed by atoms with Crippen molar-refractivity contribution in [2.45, 2.75) is 26.7 Å². The zero-order valence-electron chi connectivity index (χ0n) is 16.2. The van der Waals surface area contributed by atoms with Gasteiger partial charge in [-0.3, -0.25) is 14.5 Å². The largest absolute Gasteiger partial charge is 0.369 e. The van der Waals surface area contributed by atoms with Gasteiger partial charge in [-0.15, -0.1) is 0 Å². The standard InChI is InChI=1S/C19H31N5O2/c1-15(2)13-22-7-9-23(10-8-22)19(26)16-5-4-6-24(14-16)17-11-18(25)21(3)20-12-17/h11-12,15-16H,4-10,13-14H2,1-3H3. The second-order valence-electron chi connectivity index (χ2n) is 7.98. The van der Waals surface area contributed by atoms with Crippen LogP contribution in [0.3, 0.4) is 0 Å². The van der Waals surface area contributed by atoms with Crippen LogP contribution in [0.4, 0.5) is 5.69 Å². The number of aromatic nitrogens is 2. The van der Waals surface area contributed by atoms with Crippen LogP contribution >= 0.6 is 0 Å². The Labute approximate surface area is 155 Å². The molecular weight excluding hydrogens is 330 g/mol. The molecule has 144 valence electrons. The zero-order chi connectivity index (χ0) is 18.7. The van der Waals surface area contributed by atoms with E-state index < -0.39 is 0 Å². The van der Waals surface area contributed by atoms with Gasteiger partial charge in [0.1, 0.15) is 0 Å². The molecule has 1 aromatic rings. The van der Waals surface area contributed by atoms with Crippen LogP contribution in [0.2, 0.25) is 0 Å². The van der Waals surface area contributed by atoms with Crippen molar-refractivity contribution >= 4 is 11.6 Å². The summed E-state index contributed by atoms with van der Waals surface area (Å²) in [5.74, 6) is 0.955. The Kier molecular flexibility index (Phi) is 5.96. The first-order valence-corrected chi connectivity index (χ1v) is 9.73. The lowest BCUT2D eigenvalue weighted by atomic mass is 9.96. The number of hydrogen-bond donors (Lipinski definition) is 0. The van der Waals surface area contributed by atoms with Gasteiger partial charge in [-0.2, -0.15) is 5.10 Å². The summed E-state index contributed by atoms with van der Waals surface area (Å²) < 4.78 is 1.33. The molecule has 0 bridgehead atoms. The first-order chi connectivity index (χ1) is 12.4. The number of hydrogen-bond acceptors (Lipinski definition) is 5. The van der Waals surface area contributed by atoms with Crippen LogP contribution in [0.25, 0.3) is 0 Å². The highest BCUT2D eigenvalue weighted by atomic mass is 16.2. The number of aryl methyl sites for hydroxylation is 1. The average Bonchev–Trinajstić information content (AvgIpc) is 2.64. The fourth-order valence-corrected chi connectivity index (χ4v) is 3.97. The maximum atomic E-state index is 13.0. The molecule has 0 saturated carbocycles. The van der Waals surface area contributed by atoms with Crippen LogP contribution in [0.1, 0.15) is 26.7 Å². The van der Waals surface area contributed by atoms with Crippen molar-refractivity contribution in [3.63, 3.8) is 0 Å². The fraction of sp³-hybridized carbons (Fsp3) is 0.737. The van der Waals surface area contributed by atoms with Gasteiger partial charge in [0.25, 0.3) is 5.56 Å². The molecule has 0 spiro atoms. The van der Waals surface area contributed by atoms with E-state index in [1.807, 2.05) is 4.90 Å². The van der Waals surface area contributed by atoms with Crippen LogP contribution in [-0.2, 0) is 11.8 Å². The van der Waals surface area contributed by atoms with Gasteiger partial charge in [-0.25, -0.2) is 4.68 Å². The number of nitrogens with zero attached hydrogens (tertiary/aromatic N) is 5. The molecule has 3 rings (SSSR count). The second kappa shape index (κ2) is 8.20. The quantitative estimate of drug-likeness (QED) is 0.794. The fourth-order valence-electron chi connectivity index (χ4n) is 3.97. The summed E-state index contributed by atoms with van der Waals surface area (Å²) in [4.78, 5) is 31.4. The van der Waals surface area contributed by atoms with Gasteiger partial charge in [-0.1, -0.05) is 13.8 Å². The molecule has 2 fully saturated rings. The monoisotopic (exact) mass is 361 g/mol. The number of anilines is 1. The molecule has 2 aliphatic heterocycles. The SMILES string of the molecule is CC(C)CN1CCN(C(=O)C2CCCN(c3cnn(C)c(=O)c3)C2)CC1. The molecule has 7 heteroatoms. The third kappa shape index (κ3) is 4.44. The lowest BCUT2D eigenvalue weighted by Crippen LogP contribution is -2.53. The Balaban J connectivity index is 1.58. The van der Waals surface area contributed by atoms with Crippen molar-refractivity contribution in [2.75, 3.05) is 50.7 Å². The Morgan fingerprint density at radius 1 is 1.23 bits per heavy atom. The van der Waals surface area contributed by atoms with Crippen molar-refractivity contribution in [1.29, 1.82) is 0 Å². The van der Waals surface area contributed by atoms with E-state index in [9.17, 15) is 9.59 Å². The van der Waals surface area contributed by atoms with Crippen LogP contribution in [0, 0.1) is 11.8 Å². The molecule has 3 heterocycles. The number of amides is 1. The van der Waals surface area contributed by atoms with Gasteiger partial charge in [0.05, 0.1) is 17.8 Å². The van der Waals surface area contributed by atoms with E-state index in [0.29, 0.717) is 12.5 Å². The molecule has 0 N–H and O–H groups in total. The van der Waals surface area contributed by atoms with E-state index in [1.54, 1.807) is 19.3 Å². The Bertz CT molecular complexity index is 679. The predicted molar refractivity (Wildman–Crippen MR) is 102 cm³/mol. The molecule has 1 atom stereocenters.